The number of sulfonamides is 1. The number of hydrogen-bond acceptors (Lipinski definition) is 5. The van der Waals surface area contributed by atoms with Crippen molar-refractivity contribution in [2.24, 2.45) is 0 Å². The molecule has 0 bridgehead atoms. The second-order valence-corrected chi connectivity index (χ2v) is 7.79. The molecule has 1 aromatic carbocycles. The molecular formula is C14H21N4O5S+. The highest BCUT2D eigenvalue weighted by Gasteiger charge is 2.27. The molecular weight excluding hydrogens is 336 g/mol. The van der Waals surface area contributed by atoms with Crippen LogP contribution in [0.5, 0.6) is 0 Å². The summed E-state index contributed by atoms with van der Waals surface area (Å²) in [7, 11) is -1.71. The largest absolute Gasteiger partial charge is 0.334 e. The summed E-state index contributed by atoms with van der Waals surface area (Å²) < 4.78 is 25.0. The minimum Gasteiger partial charge on any atom is -0.334 e. The minimum absolute atomic E-state index is 0.111. The van der Waals surface area contributed by atoms with E-state index in [2.05, 4.69) is 0 Å². The number of hydrogen-bond donors (Lipinski definition) is 1. The van der Waals surface area contributed by atoms with Crippen LogP contribution in [0.2, 0.25) is 0 Å². The molecule has 24 heavy (non-hydrogen) atoms. The Bertz CT molecular complexity index is 728. The van der Waals surface area contributed by atoms with Gasteiger partial charge in [0.25, 0.3) is 5.69 Å². The highest BCUT2D eigenvalue weighted by Crippen LogP contribution is 2.23. The fraction of sp³-hybridized carbons (Fsp3) is 0.500. The Labute approximate surface area is 140 Å². The van der Waals surface area contributed by atoms with E-state index in [4.69, 9.17) is 0 Å². The highest BCUT2D eigenvalue weighted by atomic mass is 32.2. The summed E-state index contributed by atoms with van der Waals surface area (Å²) in [6, 6.07) is 5.27. The van der Waals surface area contributed by atoms with Gasteiger partial charge in [0.2, 0.25) is 15.9 Å². The summed E-state index contributed by atoms with van der Waals surface area (Å²) in [6.45, 7) is 2.39. The van der Waals surface area contributed by atoms with Gasteiger partial charge in [-0.25, -0.2) is 8.42 Å². The number of nitrogens with zero attached hydrogens (tertiary/aromatic N) is 3. The maximum absolute atomic E-state index is 12.4. The van der Waals surface area contributed by atoms with Gasteiger partial charge in [-0.1, -0.05) is 6.07 Å². The first-order valence-corrected chi connectivity index (χ1v) is 9.34. The Hall–Kier alpha value is -2.20. The van der Waals surface area contributed by atoms with Crippen molar-refractivity contribution in [3.05, 3.63) is 34.4 Å². The molecule has 0 radical (unpaired) electrons. The summed E-state index contributed by atoms with van der Waals surface area (Å²) in [6.07, 6.45) is 0.979. The predicted molar refractivity (Wildman–Crippen MR) is 88.5 cm³/mol. The maximum Gasteiger partial charge on any atom is 0.271 e. The number of anilines is 1. The average molecular weight is 357 g/mol. The number of quaternary nitrogens is 1. The summed E-state index contributed by atoms with van der Waals surface area (Å²) >= 11 is 0. The highest BCUT2D eigenvalue weighted by molar-refractivity contribution is 7.92. The van der Waals surface area contributed by atoms with E-state index in [-0.39, 0.29) is 23.8 Å². The molecule has 1 aliphatic rings. The summed E-state index contributed by atoms with van der Waals surface area (Å²) in [5.41, 5.74) is -0.114. The van der Waals surface area contributed by atoms with Gasteiger partial charge in [0, 0.05) is 12.1 Å². The summed E-state index contributed by atoms with van der Waals surface area (Å²) in [5.74, 6) is -0.306. The Morgan fingerprint density at radius 1 is 1.38 bits per heavy atom. The van der Waals surface area contributed by atoms with E-state index in [1.54, 1.807) is 4.90 Å². The molecule has 1 heterocycles. The Balaban J connectivity index is 2.22. The van der Waals surface area contributed by atoms with Crippen LogP contribution in [-0.4, -0.2) is 70.2 Å². The summed E-state index contributed by atoms with van der Waals surface area (Å²) in [5, 5.41) is 10.9. The third kappa shape index (κ3) is 4.42. The van der Waals surface area contributed by atoms with Crippen molar-refractivity contribution in [1.29, 1.82) is 0 Å². The zero-order valence-corrected chi connectivity index (χ0v) is 14.5. The molecule has 2 rings (SSSR count). The molecule has 0 atom stereocenters. The standard InChI is InChI=1S/C14H20N4O5S/c1-15-6-8-16(9-7-15)14(19)11-17(24(2,22)23)12-4-3-5-13(10-12)18(20)21/h3-5,10H,6-9,11H2,1-2H3/p+1. The van der Waals surface area contributed by atoms with Crippen LogP contribution in [0.1, 0.15) is 0 Å². The van der Waals surface area contributed by atoms with Gasteiger partial charge in [0.15, 0.2) is 0 Å². The van der Waals surface area contributed by atoms with Crippen LogP contribution >= 0.6 is 0 Å². The van der Waals surface area contributed by atoms with Gasteiger partial charge in [-0.05, 0) is 6.07 Å². The molecule has 0 saturated carbocycles. The molecule has 1 aromatic rings. The predicted octanol–water partition coefficient (Wildman–Crippen LogP) is -1.28. The topological polar surface area (TPSA) is 105 Å². The summed E-state index contributed by atoms with van der Waals surface area (Å²) in [4.78, 5) is 25.7. The van der Waals surface area contributed by atoms with E-state index < -0.39 is 14.9 Å². The average Bonchev–Trinajstić information content (AvgIpc) is 2.52. The Kier molecular flexibility index (Phi) is 5.40. The van der Waals surface area contributed by atoms with Gasteiger partial charge in [-0.15, -0.1) is 0 Å². The van der Waals surface area contributed by atoms with Crippen molar-refractivity contribution in [2.75, 3.05) is 50.3 Å². The second-order valence-electron chi connectivity index (χ2n) is 5.88. The molecule has 1 fully saturated rings. The SMILES string of the molecule is C[NH+]1CCN(C(=O)CN(c2cccc([N+](=O)[O-])c2)S(C)(=O)=O)CC1. The first kappa shape index (κ1) is 18.1. The van der Waals surface area contributed by atoms with E-state index in [0.29, 0.717) is 13.1 Å². The van der Waals surface area contributed by atoms with Crippen LogP contribution < -0.4 is 9.21 Å². The third-order valence-corrected chi connectivity index (χ3v) is 5.12. The van der Waals surface area contributed by atoms with Gasteiger partial charge in [-0.2, -0.15) is 0 Å². The zero-order chi connectivity index (χ0) is 17.9. The van der Waals surface area contributed by atoms with Crippen molar-refractivity contribution >= 4 is 27.3 Å². The van der Waals surface area contributed by atoms with Crippen LogP contribution in [0.4, 0.5) is 11.4 Å². The first-order chi connectivity index (χ1) is 11.2. The van der Waals surface area contributed by atoms with Gasteiger partial charge in [0.05, 0.1) is 50.1 Å². The molecule has 1 aliphatic heterocycles. The maximum atomic E-state index is 12.4. The number of carbonyl (C=O) groups excluding carboxylic acids is 1. The molecule has 1 saturated heterocycles. The van der Waals surface area contributed by atoms with E-state index in [1.165, 1.54) is 23.1 Å². The van der Waals surface area contributed by atoms with Gasteiger partial charge in [-0.3, -0.25) is 19.2 Å². The molecule has 10 heteroatoms. The molecule has 0 aromatic heterocycles. The number of nitro benzene ring substituents is 1. The van der Waals surface area contributed by atoms with Crippen molar-refractivity contribution in [2.45, 2.75) is 0 Å². The number of piperazine rings is 1. The lowest BCUT2D eigenvalue weighted by Gasteiger charge is -2.32. The van der Waals surface area contributed by atoms with E-state index >= 15 is 0 Å². The molecule has 9 nitrogen and oxygen atoms in total. The third-order valence-electron chi connectivity index (χ3n) is 3.98. The van der Waals surface area contributed by atoms with Crippen LogP contribution in [0.25, 0.3) is 0 Å². The lowest BCUT2D eigenvalue weighted by molar-refractivity contribution is -0.883. The van der Waals surface area contributed by atoms with Crippen molar-refractivity contribution in [3.8, 4) is 0 Å². The number of likely N-dealkylation sites (N-methyl/N-ethyl adjacent to an activating group) is 1. The molecule has 0 unspecified atom stereocenters. The minimum atomic E-state index is -3.75. The second kappa shape index (κ2) is 7.14. The molecule has 0 spiro atoms. The number of rotatable bonds is 5. The molecule has 1 N–H and O–H groups in total. The van der Waals surface area contributed by atoms with Gasteiger partial charge >= 0.3 is 0 Å². The fourth-order valence-corrected chi connectivity index (χ4v) is 3.36. The lowest BCUT2D eigenvalue weighted by atomic mass is 10.2. The number of carbonyl (C=O) groups is 1. The number of non-ortho nitro benzene ring substituents is 1. The van der Waals surface area contributed by atoms with Crippen molar-refractivity contribution in [1.82, 2.24) is 4.90 Å². The molecule has 1 amide bonds. The Morgan fingerprint density at radius 3 is 2.54 bits per heavy atom. The smallest absolute Gasteiger partial charge is 0.271 e. The zero-order valence-electron chi connectivity index (χ0n) is 13.6. The van der Waals surface area contributed by atoms with Gasteiger partial charge in [0.1, 0.15) is 6.54 Å². The number of benzene rings is 1. The normalized spacial score (nSPS) is 16.0. The van der Waals surface area contributed by atoms with Crippen LogP contribution in [0, 0.1) is 10.1 Å². The monoisotopic (exact) mass is 357 g/mol. The van der Waals surface area contributed by atoms with Crippen LogP contribution in [-0.2, 0) is 14.8 Å². The van der Waals surface area contributed by atoms with E-state index in [9.17, 15) is 23.3 Å². The van der Waals surface area contributed by atoms with Gasteiger partial charge < -0.3 is 9.80 Å². The molecule has 132 valence electrons. The number of nitrogens with one attached hydrogen (secondary N) is 1. The Morgan fingerprint density at radius 2 is 2.00 bits per heavy atom. The number of nitro groups is 1. The van der Waals surface area contributed by atoms with E-state index in [1.807, 2.05) is 7.05 Å². The first-order valence-electron chi connectivity index (χ1n) is 7.49. The lowest BCUT2D eigenvalue weighted by Crippen LogP contribution is -3.12. The van der Waals surface area contributed by atoms with Crippen molar-refractivity contribution < 1.29 is 23.0 Å². The molecule has 0 aliphatic carbocycles. The van der Waals surface area contributed by atoms with Crippen LogP contribution in [0.3, 0.4) is 0 Å². The number of amides is 1. The fourth-order valence-electron chi connectivity index (χ4n) is 2.52. The van der Waals surface area contributed by atoms with Crippen LogP contribution in [0.15, 0.2) is 24.3 Å². The quantitative estimate of drug-likeness (QED) is 0.522. The van der Waals surface area contributed by atoms with E-state index in [0.717, 1.165) is 29.7 Å². The van der Waals surface area contributed by atoms with Crippen molar-refractivity contribution in [3.63, 3.8) is 0 Å².